The molecule has 4 aromatic rings. The molecule has 1 N–H and O–H groups in total. The molecule has 0 spiro atoms. The predicted molar refractivity (Wildman–Crippen MR) is 60.9 cm³/mol. The first-order valence-electron chi connectivity index (χ1n) is 5.08. The Hall–Kier alpha value is -2.63. The molecule has 82 valence electrons. The summed E-state index contributed by atoms with van der Waals surface area (Å²) < 4.78 is 6.77. The first-order chi connectivity index (χ1) is 8.34. The molecule has 3 heterocycles. The smallest absolute Gasteiger partial charge is 0.317 e. The van der Waals surface area contributed by atoms with E-state index in [2.05, 4.69) is 15.1 Å². The third-order valence-corrected chi connectivity index (χ3v) is 2.75. The Balaban J connectivity index is 2.41. The van der Waals surface area contributed by atoms with Gasteiger partial charge in [0, 0.05) is 5.39 Å². The van der Waals surface area contributed by atoms with Gasteiger partial charge in [-0.25, -0.2) is 9.97 Å². The summed E-state index contributed by atoms with van der Waals surface area (Å²) in [5.41, 5.74) is 1.17. The fourth-order valence-corrected chi connectivity index (χ4v) is 1.98. The highest BCUT2D eigenvalue weighted by Gasteiger charge is 2.14. The number of nitrogens with one attached hydrogen (secondary N) is 1. The van der Waals surface area contributed by atoms with Crippen LogP contribution in [0.2, 0.25) is 0 Å². The van der Waals surface area contributed by atoms with Gasteiger partial charge < -0.3 is 4.42 Å². The number of rotatable bonds is 0. The van der Waals surface area contributed by atoms with Crippen LogP contribution in [-0.2, 0) is 0 Å². The Morgan fingerprint density at radius 2 is 2.18 bits per heavy atom. The second-order valence-electron chi connectivity index (χ2n) is 3.72. The molecule has 0 bridgehead atoms. The number of hydrogen-bond acceptors (Lipinski definition) is 4. The van der Waals surface area contributed by atoms with Gasteiger partial charge in [-0.15, -0.1) is 0 Å². The maximum atomic E-state index is 12.1. The summed E-state index contributed by atoms with van der Waals surface area (Å²) in [6.45, 7) is 0. The molecule has 0 saturated carbocycles. The van der Waals surface area contributed by atoms with Crippen molar-refractivity contribution in [1.29, 1.82) is 0 Å². The molecule has 0 aliphatic rings. The standard InChI is InChI=1S/C11H6N4O2/c16-10-9-8(14-11-12-5-13-15(10)11)6-3-1-2-4-7(6)17-9/h1-5H,(H,12,13,14). The number of benzene rings is 1. The molecule has 6 nitrogen and oxygen atoms in total. The Kier molecular flexibility index (Phi) is 1.37. The summed E-state index contributed by atoms with van der Waals surface area (Å²) in [5.74, 6) is 0.342. The molecule has 0 aliphatic heterocycles. The van der Waals surface area contributed by atoms with E-state index in [0.29, 0.717) is 16.9 Å². The van der Waals surface area contributed by atoms with Crippen molar-refractivity contribution < 1.29 is 4.42 Å². The van der Waals surface area contributed by atoms with E-state index in [9.17, 15) is 4.79 Å². The minimum absolute atomic E-state index is 0.243. The van der Waals surface area contributed by atoms with Crippen LogP contribution < -0.4 is 5.56 Å². The number of aromatic nitrogens is 4. The maximum Gasteiger partial charge on any atom is 0.317 e. The number of aromatic amines is 1. The van der Waals surface area contributed by atoms with Crippen LogP contribution in [0.1, 0.15) is 0 Å². The van der Waals surface area contributed by atoms with Crippen molar-refractivity contribution in [3.63, 3.8) is 0 Å². The van der Waals surface area contributed by atoms with Gasteiger partial charge in [0.2, 0.25) is 5.58 Å². The topological polar surface area (TPSA) is 76.2 Å². The number of para-hydroxylation sites is 1. The van der Waals surface area contributed by atoms with Crippen molar-refractivity contribution in [2.75, 3.05) is 0 Å². The Morgan fingerprint density at radius 3 is 3.12 bits per heavy atom. The number of fused-ring (bicyclic) bond motifs is 4. The van der Waals surface area contributed by atoms with Crippen molar-refractivity contribution in [2.24, 2.45) is 0 Å². The quantitative estimate of drug-likeness (QED) is 0.490. The highest BCUT2D eigenvalue weighted by molar-refractivity contribution is 6.02. The molecule has 0 atom stereocenters. The minimum atomic E-state index is -0.279. The van der Waals surface area contributed by atoms with E-state index in [1.165, 1.54) is 10.8 Å². The van der Waals surface area contributed by atoms with E-state index in [0.717, 1.165) is 5.39 Å². The summed E-state index contributed by atoms with van der Waals surface area (Å²) >= 11 is 0. The number of furan rings is 1. The molecular formula is C11H6N4O2. The van der Waals surface area contributed by atoms with Crippen LogP contribution in [-0.4, -0.2) is 19.6 Å². The molecule has 6 heteroatoms. The van der Waals surface area contributed by atoms with E-state index >= 15 is 0 Å². The monoisotopic (exact) mass is 226 g/mol. The largest absolute Gasteiger partial charge is 0.448 e. The van der Waals surface area contributed by atoms with Crippen LogP contribution in [0.3, 0.4) is 0 Å². The molecule has 0 aliphatic carbocycles. The number of hydrogen-bond donors (Lipinski definition) is 1. The Morgan fingerprint density at radius 1 is 1.29 bits per heavy atom. The minimum Gasteiger partial charge on any atom is -0.448 e. The van der Waals surface area contributed by atoms with Crippen molar-refractivity contribution >= 4 is 27.8 Å². The summed E-state index contributed by atoms with van der Waals surface area (Å²) in [7, 11) is 0. The van der Waals surface area contributed by atoms with E-state index in [1.807, 2.05) is 24.3 Å². The molecule has 4 rings (SSSR count). The predicted octanol–water partition coefficient (Wildman–Crippen LogP) is 1.32. The van der Waals surface area contributed by atoms with Crippen molar-refractivity contribution in [2.45, 2.75) is 0 Å². The van der Waals surface area contributed by atoms with Crippen molar-refractivity contribution in [3.8, 4) is 0 Å². The fraction of sp³-hybridized carbons (Fsp3) is 0. The summed E-state index contributed by atoms with van der Waals surface area (Å²) in [5, 5.41) is 3.52. The van der Waals surface area contributed by atoms with Gasteiger partial charge in [0.05, 0.1) is 0 Å². The first-order valence-corrected chi connectivity index (χ1v) is 5.08. The van der Waals surface area contributed by atoms with Crippen LogP contribution in [0.4, 0.5) is 0 Å². The third kappa shape index (κ3) is 0.963. The zero-order valence-corrected chi connectivity index (χ0v) is 8.54. The molecule has 0 fully saturated rings. The second-order valence-corrected chi connectivity index (χ2v) is 3.72. The van der Waals surface area contributed by atoms with Crippen molar-refractivity contribution in [3.05, 3.63) is 40.9 Å². The number of H-pyrrole nitrogens is 1. The summed E-state index contributed by atoms with van der Waals surface area (Å²) in [6, 6.07) is 7.41. The lowest BCUT2D eigenvalue weighted by molar-refractivity contribution is 0.656. The van der Waals surface area contributed by atoms with E-state index in [-0.39, 0.29) is 11.1 Å². The van der Waals surface area contributed by atoms with Crippen LogP contribution in [0.25, 0.3) is 27.8 Å². The maximum absolute atomic E-state index is 12.1. The normalized spacial score (nSPS) is 11.8. The zero-order valence-electron chi connectivity index (χ0n) is 8.54. The van der Waals surface area contributed by atoms with Crippen LogP contribution in [0.5, 0.6) is 0 Å². The lowest BCUT2D eigenvalue weighted by Crippen LogP contribution is -2.14. The van der Waals surface area contributed by atoms with Gasteiger partial charge in [-0.2, -0.15) is 4.52 Å². The first kappa shape index (κ1) is 8.51. The zero-order chi connectivity index (χ0) is 11.4. The highest BCUT2D eigenvalue weighted by Crippen LogP contribution is 2.24. The SMILES string of the molecule is O=c1c2oc3ccccc3c2nc2nc[nH]n12. The molecule has 0 unspecified atom stereocenters. The van der Waals surface area contributed by atoms with Gasteiger partial charge in [0.25, 0.3) is 5.78 Å². The molecular weight excluding hydrogens is 220 g/mol. The lowest BCUT2D eigenvalue weighted by Gasteiger charge is -1.90. The highest BCUT2D eigenvalue weighted by atomic mass is 16.3. The van der Waals surface area contributed by atoms with Crippen molar-refractivity contribution in [1.82, 2.24) is 19.6 Å². The summed E-state index contributed by atoms with van der Waals surface area (Å²) in [4.78, 5) is 20.4. The second kappa shape index (κ2) is 2.73. The van der Waals surface area contributed by atoms with Gasteiger partial charge in [-0.05, 0) is 12.1 Å². The fourth-order valence-electron chi connectivity index (χ4n) is 1.98. The average Bonchev–Trinajstić information content (AvgIpc) is 2.94. The average molecular weight is 226 g/mol. The van der Waals surface area contributed by atoms with Gasteiger partial charge >= 0.3 is 5.56 Å². The Bertz CT molecular complexity index is 915. The molecule has 1 aromatic carbocycles. The van der Waals surface area contributed by atoms with E-state index in [4.69, 9.17) is 4.42 Å². The van der Waals surface area contributed by atoms with Gasteiger partial charge in [0.15, 0.2) is 0 Å². The van der Waals surface area contributed by atoms with E-state index < -0.39 is 0 Å². The third-order valence-electron chi connectivity index (χ3n) is 2.75. The van der Waals surface area contributed by atoms with Gasteiger partial charge in [0.1, 0.15) is 17.4 Å². The molecule has 3 aromatic heterocycles. The molecule has 0 amide bonds. The van der Waals surface area contributed by atoms with Crippen LogP contribution in [0, 0.1) is 0 Å². The lowest BCUT2D eigenvalue weighted by atomic mass is 10.2. The number of nitrogens with zero attached hydrogens (tertiary/aromatic N) is 3. The summed E-state index contributed by atoms with van der Waals surface area (Å²) in [6.07, 6.45) is 1.42. The Labute approximate surface area is 93.5 Å². The molecule has 17 heavy (non-hydrogen) atoms. The van der Waals surface area contributed by atoms with Crippen LogP contribution in [0.15, 0.2) is 39.8 Å². The van der Waals surface area contributed by atoms with Crippen LogP contribution >= 0.6 is 0 Å². The molecule has 0 radical (unpaired) electrons. The van der Waals surface area contributed by atoms with Gasteiger partial charge in [-0.3, -0.25) is 9.89 Å². The van der Waals surface area contributed by atoms with Gasteiger partial charge in [-0.1, -0.05) is 12.1 Å². The molecule has 0 saturated heterocycles. The van der Waals surface area contributed by atoms with E-state index in [1.54, 1.807) is 0 Å².